The molecule has 50 heavy (non-hydrogen) atoms. The van der Waals surface area contributed by atoms with Gasteiger partial charge in [-0.3, -0.25) is 9.55 Å². The van der Waals surface area contributed by atoms with Gasteiger partial charge in [0.15, 0.2) is 0 Å². The van der Waals surface area contributed by atoms with E-state index in [9.17, 15) is 5.11 Å². The van der Waals surface area contributed by atoms with Gasteiger partial charge in [-0.25, -0.2) is 4.98 Å². The third-order valence-corrected chi connectivity index (χ3v) is 9.85. The van der Waals surface area contributed by atoms with E-state index in [1.165, 1.54) is 22.3 Å². The zero-order chi connectivity index (χ0) is 33.1. The van der Waals surface area contributed by atoms with Crippen molar-refractivity contribution in [1.82, 2.24) is 14.5 Å². The second kappa shape index (κ2) is 12.4. The number of imidazole rings is 1. The number of hydrogen-bond donors (Lipinski definition) is 1. The molecule has 2 aromatic heterocycles. The summed E-state index contributed by atoms with van der Waals surface area (Å²) in [5.74, 6) is 0.858. The Morgan fingerprint density at radius 2 is 1.26 bits per heavy atom. The van der Waals surface area contributed by atoms with Crippen LogP contribution in [0.15, 0.2) is 152 Å². The van der Waals surface area contributed by atoms with Crippen molar-refractivity contribution in [1.29, 1.82) is 0 Å². The van der Waals surface area contributed by atoms with Crippen LogP contribution in [0.5, 0.6) is 5.75 Å². The van der Waals surface area contributed by atoms with Crippen LogP contribution in [0.25, 0.3) is 72.7 Å². The Labute approximate surface area is 306 Å². The van der Waals surface area contributed by atoms with Crippen LogP contribution in [0.4, 0.5) is 0 Å². The molecule has 5 heteroatoms. The number of aromatic nitrogens is 3. The SMILES string of the molecule is CC1(C)c2ccccc2-c2cc(-c3[c-]c(-c4cccc5c4nc(-c4ccccc4O)n5-c4ccccc4)cc(-c4ccccc4)c3)ncc21.[Pt]. The number of pyridine rings is 1. The standard InChI is InChI=1S/C45H32N3O.Pt/c1-45(2)38-21-11-9-18-35(38)37-27-40(46-28-39(37)45)32-25-30(29-14-5-3-6-15-29)24-31(26-32)34-20-13-22-41-43(34)47-44(36-19-10-12-23-42(36)49)48(41)33-16-7-4-8-17-33;/h3-25,27-28,49H,1-2H3;/q-1;. The number of phenolic OH excluding ortho intramolecular Hbond substituents is 1. The molecule has 9 rings (SSSR count). The Kier molecular flexibility index (Phi) is 7.85. The molecule has 0 saturated carbocycles. The van der Waals surface area contributed by atoms with Gasteiger partial charge >= 0.3 is 0 Å². The fraction of sp³-hybridized carbons (Fsp3) is 0.0667. The van der Waals surface area contributed by atoms with Crippen molar-refractivity contribution in [3.8, 4) is 67.5 Å². The molecule has 6 aromatic carbocycles. The third kappa shape index (κ3) is 5.11. The van der Waals surface area contributed by atoms with Crippen LogP contribution >= 0.6 is 0 Å². The Morgan fingerprint density at radius 1 is 0.600 bits per heavy atom. The normalized spacial score (nSPS) is 12.7. The first kappa shape index (κ1) is 31.7. The van der Waals surface area contributed by atoms with E-state index in [-0.39, 0.29) is 32.2 Å². The molecule has 0 atom stereocenters. The molecule has 0 spiro atoms. The maximum absolute atomic E-state index is 11.0. The van der Waals surface area contributed by atoms with Gasteiger partial charge in [0.2, 0.25) is 0 Å². The zero-order valence-corrected chi connectivity index (χ0v) is 29.8. The summed E-state index contributed by atoms with van der Waals surface area (Å²) in [5, 5.41) is 11.0. The first-order valence-corrected chi connectivity index (χ1v) is 16.6. The van der Waals surface area contributed by atoms with Gasteiger partial charge in [-0.05, 0) is 58.1 Å². The Hall–Kier alpha value is -5.57. The predicted molar refractivity (Wildman–Crippen MR) is 199 cm³/mol. The van der Waals surface area contributed by atoms with Crippen molar-refractivity contribution in [2.45, 2.75) is 19.3 Å². The van der Waals surface area contributed by atoms with Gasteiger partial charge in [-0.15, -0.1) is 23.8 Å². The summed E-state index contributed by atoms with van der Waals surface area (Å²) >= 11 is 0. The quantitative estimate of drug-likeness (QED) is 0.176. The summed E-state index contributed by atoms with van der Waals surface area (Å²) in [6.45, 7) is 4.55. The van der Waals surface area contributed by atoms with E-state index < -0.39 is 0 Å². The second-order valence-corrected chi connectivity index (χ2v) is 13.1. The van der Waals surface area contributed by atoms with E-state index in [4.69, 9.17) is 9.97 Å². The molecule has 0 unspecified atom stereocenters. The molecule has 2 heterocycles. The number of nitrogens with zero attached hydrogens (tertiary/aromatic N) is 3. The maximum atomic E-state index is 11.0. The maximum Gasteiger partial charge on any atom is 0.148 e. The summed E-state index contributed by atoms with van der Waals surface area (Å²) in [6.07, 6.45) is 2.05. The van der Waals surface area contributed by atoms with Crippen molar-refractivity contribution in [3.05, 3.63) is 169 Å². The monoisotopic (exact) mass is 825 g/mol. The van der Waals surface area contributed by atoms with Crippen molar-refractivity contribution in [2.75, 3.05) is 0 Å². The molecule has 1 N–H and O–H groups in total. The number of aromatic hydroxyl groups is 1. The topological polar surface area (TPSA) is 50.9 Å². The van der Waals surface area contributed by atoms with Crippen LogP contribution in [0.2, 0.25) is 0 Å². The van der Waals surface area contributed by atoms with Crippen molar-refractivity contribution < 1.29 is 26.2 Å². The molecular formula is C45H32N3OPt-. The molecule has 244 valence electrons. The number of fused-ring (bicyclic) bond motifs is 4. The molecule has 4 nitrogen and oxygen atoms in total. The average molecular weight is 826 g/mol. The molecule has 1 aliphatic carbocycles. The molecule has 1 aliphatic rings. The van der Waals surface area contributed by atoms with Crippen molar-refractivity contribution in [3.63, 3.8) is 0 Å². The molecule has 0 saturated heterocycles. The van der Waals surface area contributed by atoms with Crippen LogP contribution in [-0.2, 0) is 26.5 Å². The number of para-hydroxylation sites is 3. The Morgan fingerprint density at radius 3 is 2.04 bits per heavy atom. The van der Waals surface area contributed by atoms with Crippen LogP contribution in [-0.4, -0.2) is 19.6 Å². The van der Waals surface area contributed by atoms with Gasteiger partial charge in [0.05, 0.1) is 16.6 Å². The van der Waals surface area contributed by atoms with E-state index >= 15 is 0 Å². The van der Waals surface area contributed by atoms with Gasteiger partial charge in [-0.2, -0.15) is 0 Å². The first-order chi connectivity index (χ1) is 24.0. The Balaban J connectivity index is 0.00000361. The fourth-order valence-electron chi connectivity index (χ4n) is 7.38. The molecule has 0 fully saturated rings. The largest absolute Gasteiger partial charge is 0.507 e. The molecule has 0 aliphatic heterocycles. The molecular weight excluding hydrogens is 794 g/mol. The minimum atomic E-state index is -0.115. The van der Waals surface area contributed by atoms with E-state index in [1.807, 2.05) is 48.7 Å². The zero-order valence-electron chi connectivity index (χ0n) is 27.5. The van der Waals surface area contributed by atoms with E-state index in [0.717, 1.165) is 50.2 Å². The summed E-state index contributed by atoms with van der Waals surface area (Å²) < 4.78 is 2.12. The van der Waals surface area contributed by atoms with Crippen molar-refractivity contribution in [2.24, 2.45) is 0 Å². The average Bonchev–Trinajstić information content (AvgIpc) is 3.65. The molecule has 0 amide bonds. The smallest absolute Gasteiger partial charge is 0.148 e. The minimum absolute atomic E-state index is 0. The summed E-state index contributed by atoms with van der Waals surface area (Å²) in [7, 11) is 0. The minimum Gasteiger partial charge on any atom is -0.507 e. The second-order valence-electron chi connectivity index (χ2n) is 13.1. The summed E-state index contributed by atoms with van der Waals surface area (Å²) in [4.78, 5) is 10.3. The molecule has 8 aromatic rings. The number of rotatable bonds is 5. The van der Waals surface area contributed by atoms with Gasteiger partial charge in [0.1, 0.15) is 11.6 Å². The van der Waals surface area contributed by atoms with Crippen LogP contribution in [0, 0.1) is 6.07 Å². The van der Waals surface area contributed by atoms with Gasteiger partial charge in [0.25, 0.3) is 0 Å². The summed E-state index contributed by atoms with van der Waals surface area (Å²) in [5.41, 5.74) is 14.2. The fourth-order valence-corrected chi connectivity index (χ4v) is 7.38. The van der Waals surface area contributed by atoms with Gasteiger partial charge < -0.3 is 5.11 Å². The molecule has 0 bridgehead atoms. The number of phenols is 1. The predicted octanol–water partition coefficient (Wildman–Crippen LogP) is 10.9. The Bertz CT molecular complexity index is 2540. The van der Waals surface area contributed by atoms with Crippen LogP contribution < -0.4 is 0 Å². The van der Waals surface area contributed by atoms with E-state index in [1.54, 1.807) is 6.07 Å². The van der Waals surface area contributed by atoms with E-state index in [0.29, 0.717) is 11.4 Å². The third-order valence-electron chi connectivity index (χ3n) is 9.85. The van der Waals surface area contributed by atoms with Crippen molar-refractivity contribution >= 4 is 11.0 Å². The van der Waals surface area contributed by atoms with E-state index in [2.05, 4.69) is 122 Å². The summed E-state index contributed by atoms with van der Waals surface area (Å²) in [6, 6.07) is 53.3. The van der Waals surface area contributed by atoms with Crippen LogP contribution in [0.1, 0.15) is 25.0 Å². The molecule has 0 radical (unpaired) electrons. The van der Waals surface area contributed by atoms with Gasteiger partial charge in [0, 0.05) is 44.1 Å². The van der Waals surface area contributed by atoms with Gasteiger partial charge in [-0.1, -0.05) is 134 Å². The number of hydrogen-bond acceptors (Lipinski definition) is 3. The van der Waals surface area contributed by atoms with Crippen LogP contribution in [0.3, 0.4) is 0 Å². The number of benzene rings is 6. The first-order valence-electron chi connectivity index (χ1n) is 16.6.